The number of carbonyl (C=O) groups is 1. The molecule has 1 aliphatic heterocycles. The van der Waals surface area contributed by atoms with Crippen molar-refractivity contribution in [2.75, 3.05) is 31.1 Å². The van der Waals surface area contributed by atoms with Crippen molar-refractivity contribution < 1.29 is 9.90 Å². The number of carbonyl (C=O) groups excluding carboxylic acids is 1. The maximum Gasteiger partial charge on any atom is 0.225 e. The van der Waals surface area contributed by atoms with Gasteiger partial charge in [-0.3, -0.25) is 4.79 Å². The number of rotatable bonds is 7. The monoisotopic (exact) mass is 407 g/mol. The molecule has 0 radical (unpaired) electrons. The topological polar surface area (TPSA) is 83.3 Å². The average molecular weight is 408 g/mol. The number of nitrogens with one attached hydrogen (secondary N) is 1. The van der Waals surface area contributed by atoms with Crippen LogP contribution in [0.5, 0.6) is 0 Å². The third-order valence-corrected chi connectivity index (χ3v) is 6.04. The first-order chi connectivity index (χ1) is 14.6. The highest BCUT2D eigenvalue weighted by molar-refractivity contribution is 5.96. The molecule has 0 amide bonds. The molecule has 7 heteroatoms. The van der Waals surface area contributed by atoms with Crippen LogP contribution in [0.4, 0.5) is 5.95 Å². The van der Waals surface area contributed by atoms with Crippen LogP contribution in [0.2, 0.25) is 0 Å². The van der Waals surface area contributed by atoms with E-state index in [9.17, 15) is 4.79 Å². The minimum atomic E-state index is -0.514. The molecule has 1 fully saturated rings. The van der Waals surface area contributed by atoms with Crippen molar-refractivity contribution in [1.82, 2.24) is 19.9 Å². The number of hydrogen-bond acceptors (Lipinski definition) is 6. The standard InChI is InChI=1S/C23H29N5O2/c1-16-4-3-5-20-19(14-27(2)22(16)20)11-24-10-17-6-8-28(9-7-17)23-25-12-18(13-26-23)21(30)15-29/h3-5,12-14,17,24,29H,6-11,15H2,1-2H3. The van der Waals surface area contributed by atoms with E-state index < -0.39 is 6.61 Å². The number of piperidine rings is 1. The smallest absolute Gasteiger partial charge is 0.225 e. The fourth-order valence-corrected chi connectivity index (χ4v) is 4.36. The predicted octanol–water partition coefficient (Wildman–Crippen LogP) is 2.46. The van der Waals surface area contributed by atoms with Crippen molar-refractivity contribution in [3.8, 4) is 0 Å². The molecule has 1 aromatic carbocycles. The van der Waals surface area contributed by atoms with E-state index in [0.717, 1.165) is 39.0 Å². The van der Waals surface area contributed by atoms with Gasteiger partial charge in [-0.2, -0.15) is 0 Å². The maximum absolute atomic E-state index is 11.5. The molecule has 2 aromatic heterocycles. The fraction of sp³-hybridized carbons (Fsp3) is 0.435. The first-order valence-corrected chi connectivity index (χ1v) is 10.5. The number of nitrogens with zero attached hydrogens (tertiary/aromatic N) is 4. The Morgan fingerprint density at radius 2 is 1.97 bits per heavy atom. The number of Topliss-reactive ketones (excluding diaryl/α,β-unsaturated/α-hetero) is 1. The highest BCUT2D eigenvalue weighted by Crippen LogP contribution is 2.24. The lowest BCUT2D eigenvalue weighted by Gasteiger charge is -2.32. The number of benzene rings is 1. The van der Waals surface area contributed by atoms with Crippen LogP contribution in [0.25, 0.3) is 10.9 Å². The van der Waals surface area contributed by atoms with Crippen molar-refractivity contribution >= 4 is 22.6 Å². The Balaban J connectivity index is 1.28. The van der Waals surface area contributed by atoms with Crippen LogP contribution in [0.3, 0.4) is 0 Å². The first-order valence-electron chi connectivity index (χ1n) is 10.5. The van der Waals surface area contributed by atoms with Gasteiger partial charge in [-0.1, -0.05) is 18.2 Å². The summed E-state index contributed by atoms with van der Waals surface area (Å²) in [4.78, 5) is 22.3. The van der Waals surface area contributed by atoms with Gasteiger partial charge in [0.2, 0.25) is 5.95 Å². The van der Waals surface area contributed by atoms with Crippen LogP contribution in [-0.2, 0) is 13.6 Å². The molecule has 7 nitrogen and oxygen atoms in total. The molecule has 4 rings (SSSR count). The van der Waals surface area contributed by atoms with Gasteiger partial charge in [0.05, 0.1) is 11.1 Å². The van der Waals surface area contributed by atoms with Crippen molar-refractivity contribution in [2.24, 2.45) is 13.0 Å². The summed E-state index contributed by atoms with van der Waals surface area (Å²) in [6, 6.07) is 6.50. The number of aliphatic hydroxyl groups is 1. The summed E-state index contributed by atoms with van der Waals surface area (Å²) in [7, 11) is 2.11. The number of ketones is 1. The summed E-state index contributed by atoms with van der Waals surface area (Å²) >= 11 is 0. The molecule has 3 heterocycles. The van der Waals surface area contributed by atoms with Crippen molar-refractivity contribution in [1.29, 1.82) is 0 Å². The Morgan fingerprint density at radius 3 is 2.67 bits per heavy atom. The second-order valence-electron chi connectivity index (χ2n) is 8.15. The van der Waals surface area contributed by atoms with E-state index in [4.69, 9.17) is 5.11 Å². The zero-order valence-corrected chi connectivity index (χ0v) is 17.6. The summed E-state index contributed by atoms with van der Waals surface area (Å²) < 4.78 is 2.22. The van der Waals surface area contributed by atoms with Crippen molar-refractivity contribution in [2.45, 2.75) is 26.3 Å². The number of hydrogen-bond donors (Lipinski definition) is 2. The quantitative estimate of drug-likeness (QED) is 0.586. The average Bonchev–Trinajstić information content (AvgIpc) is 3.10. The predicted molar refractivity (Wildman–Crippen MR) is 118 cm³/mol. The molecule has 1 aliphatic rings. The molecular weight excluding hydrogens is 378 g/mol. The third-order valence-electron chi connectivity index (χ3n) is 6.04. The van der Waals surface area contributed by atoms with Gasteiger partial charge < -0.3 is 19.9 Å². The number of aliphatic hydroxyl groups excluding tert-OH is 1. The lowest BCUT2D eigenvalue weighted by molar-refractivity contribution is 0.0903. The number of aromatic nitrogens is 3. The van der Waals surface area contributed by atoms with Gasteiger partial charge >= 0.3 is 0 Å². The lowest BCUT2D eigenvalue weighted by atomic mass is 9.97. The van der Waals surface area contributed by atoms with Crippen LogP contribution in [0.15, 0.2) is 36.8 Å². The molecule has 0 aliphatic carbocycles. The van der Waals surface area contributed by atoms with E-state index in [1.807, 2.05) is 0 Å². The summed E-state index contributed by atoms with van der Waals surface area (Å²) in [5.41, 5.74) is 4.32. The number of aryl methyl sites for hydroxylation is 2. The van der Waals surface area contributed by atoms with E-state index in [0.29, 0.717) is 17.4 Å². The normalized spacial score (nSPS) is 15.1. The van der Waals surface area contributed by atoms with E-state index in [2.05, 4.69) is 63.1 Å². The molecule has 0 bridgehead atoms. The molecular formula is C23H29N5O2. The number of para-hydroxylation sites is 1. The molecule has 30 heavy (non-hydrogen) atoms. The lowest BCUT2D eigenvalue weighted by Crippen LogP contribution is -2.38. The Morgan fingerprint density at radius 1 is 1.23 bits per heavy atom. The number of anilines is 1. The van der Waals surface area contributed by atoms with E-state index in [1.165, 1.54) is 34.4 Å². The highest BCUT2D eigenvalue weighted by atomic mass is 16.3. The molecule has 0 spiro atoms. The molecule has 3 aromatic rings. The third kappa shape index (κ3) is 4.22. The molecule has 0 atom stereocenters. The summed E-state index contributed by atoms with van der Waals surface area (Å²) in [5.74, 6) is 0.933. The van der Waals surface area contributed by atoms with Gasteiger partial charge in [-0.15, -0.1) is 0 Å². The highest BCUT2D eigenvalue weighted by Gasteiger charge is 2.21. The summed E-state index contributed by atoms with van der Waals surface area (Å²) in [6.45, 7) is 5.35. The van der Waals surface area contributed by atoms with Crippen molar-refractivity contribution in [3.63, 3.8) is 0 Å². The van der Waals surface area contributed by atoms with Crippen LogP contribution >= 0.6 is 0 Å². The summed E-state index contributed by atoms with van der Waals surface area (Å²) in [5, 5.41) is 13.9. The van der Waals surface area contributed by atoms with Gasteiger partial charge in [0.25, 0.3) is 0 Å². The van der Waals surface area contributed by atoms with Crippen LogP contribution in [0.1, 0.15) is 34.3 Å². The molecule has 2 N–H and O–H groups in total. The Hall–Kier alpha value is -2.77. The van der Waals surface area contributed by atoms with Gasteiger partial charge in [0, 0.05) is 50.7 Å². The number of fused-ring (bicyclic) bond motifs is 1. The summed E-state index contributed by atoms with van der Waals surface area (Å²) in [6.07, 6.45) is 7.40. The first kappa shape index (κ1) is 20.5. The molecule has 1 saturated heterocycles. The Kier molecular flexibility index (Phi) is 6.11. The molecule has 0 unspecified atom stereocenters. The minimum absolute atomic E-state index is 0.351. The minimum Gasteiger partial charge on any atom is -0.388 e. The van der Waals surface area contributed by atoms with Crippen LogP contribution in [-0.4, -0.2) is 51.7 Å². The van der Waals surface area contributed by atoms with E-state index >= 15 is 0 Å². The SMILES string of the molecule is Cc1cccc2c(CNCC3CCN(c4ncc(C(=O)CO)cn4)CC3)cn(C)c12. The van der Waals surface area contributed by atoms with Gasteiger partial charge in [-0.05, 0) is 43.4 Å². The van der Waals surface area contributed by atoms with Gasteiger partial charge in [0.1, 0.15) is 6.61 Å². The maximum atomic E-state index is 11.5. The Labute approximate surface area is 176 Å². The van der Waals surface area contributed by atoms with Crippen molar-refractivity contribution in [3.05, 3.63) is 53.5 Å². The van der Waals surface area contributed by atoms with Gasteiger partial charge in [0.15, 0.2) is 5.78 Å². The molecule has 0 saturated carbocycles. The van der Waals surface area contributed by atoms with E-state index in [1.54, 1.807) is 0 Å². The van der Waals surface area contributed by atoms with E-state index in [-0.39, 0.29) is 5.78 Å². The molecule has 158 valence electrons. The van der Waals surface area contributed by atoms with Crippen LogP contribution in [0, 0.1) is 12.8 Å². The second kappa shape index (κ2) is 8.93. The second-order valence-corrected chi connectivity index (χ2v) is 8.15. The van der Waals surface area contributed by atoms with Crippen LogP contribution < -0.4 is 10.2 Å². The fourth-order valence-electron chi connectivity index (χ4n) is 4.36. The van der Waals surface area contributed by atoms with Gasteiger partial charge in [-0.25, -0.2) is 9.97 Å². The largest absolute Gasteiger partial charge is 0.388 e. The zero-order chi connectivity index (χ0) is 21.1. The zero-order valence-electron chi connectivity index (χ0n) is 17.6. The Bertz CT molecular complexity index is 1020.